The van der Waals surface area contributed by atoms with E-state index in [1.165, 1.54) is 0 Å². The van der Waals surface area contributed by atoms with Crippen molar-refractivity contribution in [1.29, 1.82) is 0 Å². The molecule has 2 aromatic heterocycles. The average Bonchev–Trinajstić information content (AvgIpc) is 3.31. The fourth-order valence-electron chi connectivity index (χ4n) is 3.31. The van der Waals surface area contributed by atoms with E-state index in [1.54, 1.807) is 22.8 Å². The lowest BCUT2D eigenvalue weighted by atomic mass is 10.1. The Hall–Kier alpha value is -3.61. The van der Waals surface area contributed by atoms with Gasteiger partial charge >= 0.3 is 5.69 Å². The Bertz CT molecular complexity index is 1200. The number of aromatic amines is 2. The largest absolute Gasteiger partial charge is 0.326 e. The molecule has 3 N–H and O–H groups in total. The highest BCUT2D eigenvalue weighted by molar-refractivity contribution is 6.05. The lowest BCUT2D eigenvalue weighted by molar-refractivity contribution is 0.102. The number of imidazole rings is 1. The molecule has 1 amide bonds. The summed E-state index contributed by atoms with van der Waals surface area (Å²) in [6, 6.07) is 17.1. The lowest BCUT2D eigenvalue weighted by Crippen LogP contribution is -2.14. The van der Waals surface area contributed by atoms with Gasteiger partial charge in [-0.1, -0.05) is 30.3 Å². The lowest BCUT2D eigenvalue weighted by Gasteiger charge is -2.03. The van der Waals surface area contributed by atoms with Gasteiger partial charge in [0.25, 0.3) is 5.91 Å². The highest BCUT2D eigenvalue weighted by Crippen LogP contribution is 2.35. The molecular weight excluding hydrogens is 342 g/mol. The minimum atomic E-state index is -0.275. The molecule has 4 aromatic rings. The summed E-state index contributed by atoms with van der Waals surface area (Å²) in [5, 5.41) is 9.86. The van der Waals surface area contributed by atoms with Crippen LogP contribution in [0.2, 0.25) is 0 Å². The molecule has 5 rings (SSSR count). The molecule has 0 bridgehead atoms. The third kappa shape index (κ3) is 2.83. The van der Waals surface area contributed by atoms with Gasteiger partial charge in [0.05, 0.1) is 16.7 Å². The summed E-state index contributed by atoms with van der Waals surface area (Å²) in [5.74, 6) is 0.172. The quantitative estimate of drug-likeness (QED) is 0.522. The molecular formula is C20H17N5O2. The van der Waals surface area contributed by atoms with Crippen molar-refractivity contribution in [3.63, 3.8) is 0 Å². The second kappa shape index (κ2) is 5.98. The molecule has 1 fully saturated rings. The number of amides is 1. The first kappa shape index (κ1) is 15.6. The maximum Gasteiger partial charge on any atom is 0.326 e. The number of nitrogens with zero attached hydrogens (tertiary/aromatic N) is 2. The summed E-state index contributed by atoms with van der Waals surface area (Å²) >= 11 is 0. The van der Waals surface area contributed by atoms with Crippen molar-refractivity contribution in [1.82, 2.24) is 19.7 Å². The molecule has 0 atom stereocenters. The van der Waals surface area contributed by atoms with Crippen LogP contribution in [-0.4, -0.2) is 25.7 Å². The first-order chi connectivity index (χ1) is 13.2. The van der Waals surface area contributed by atoms with Crippen molar-refractivity contribution in [3.8, 4) is 11.3 Å². The number of hydrogen-bond donors (Lipinski definition) is 3. The van der Waals surface area contributed by atoms with E-state index in [1.807, 2.05) is 36.4 Å². The molecule has 0 spiro atoms. The molecule has 1 aliphatic rings. The van der Waals surface area contributed by atoms with Crippen LogP contribution in [0.1, 0.15) is 29.2 Å². The summed E-state index contributed by atoms with van der Waals surface area (Å²) in [4.78, 5) is 27.5. The van der Waals surface area contributed by atoms with Crippen LogP contribution in [0.4, 0.5) is 5.82 Å². The molecule has 2 heterocycles. The summed E-state index contributed by atoms with van der Waals surface area (Å²) in [5.41, 5.74) is 3.68. The maximum atomic E-state index is 12.6. The maximum absolute atomic E-state index is 12.6. The number of anilines is 1. The van der Waals surface area contributed by atoms with Gasteiger partial charge in [-0.15, -0.1) is 0 Å². The Balaban J connectivity index is 1.40. The van der Waals surface area contributed by atoms with E-state index in [2.05, 4.69) is 20.5 Å². The van der Waals surface area contributed by atoms with Gasteiger partial charge in [-0.05, 0) is 36.6 Å². The molecule has 7 heteroatoms. The van der Waals surface area contributed by atoms with Crippen molar-refractivity contribution in [2.45, 2.75) is 18.9 Å². The van der Waals surface area contributed by atoms with E-state index in [0.29, 0.717) is 16.9 Å². The van der Waals surface area contributed by atoms with Gasteiger partial charge in [-0.2, -0.15) is 5.10 Å². The fourth-order valence-corrected chi connectivity index (χ4v) is 3.31. The topological polar surface area (TPSA) is 95.6 Å². The van der Waals surface area contributed by atoms with E-state index in [0.717, 1.165) is 29.6 Å². The van der Waals surface area contributed by atoms with Crippen LogP contribution in [0, 0.1) is 0 Å². The van der Waals surface area contributed by atoms with Crippen molar-refractivity contribution in [2.24, 2.45) is 0 Å². The molecule has 134 valence electrons. The molecule has 0 radical (unpaired) electrons. The first-order valence-electron chi connectivity index (χ1n) is 8.85. The van der Waals surface area contributed by atoms with Gasteiger partial charge in [0.1, 0.15) is 0 Å². The van der Waals surface area contributed by atoms with Crippen molar-refractivity contribution in [2.75, 3.05) is 5.32 Å². The molecule has 0 saturated heterocycles. The summed E-state index contributed by atoms with van der Waals surface area (Å²) in [6.07, 6.45) is 2.05. The molecule has 0 unspecified atom stereocenters. The molecule has 0 aliphatic heterocycles. The molecule has 1 aliphatic carbocycles. The van der Waals surface area contributed by atoms with Gasteiger partial charge < -0.3 is 10.3 Å². The Labute approximate surface area is 154 Å². The standard InChI is InChI=1S/C20H17N5O2/c26-19(22-18-11-15(23-24-18)12-4-2-1-3-5-12)13-6-9-17-16(10-13)21-20(27)25(17)14-7-8-14/h1-6,9-11,14H,7-8H2,(H,21,27)(H2,22,23,24,26). The zero-order valence-corrected chi connectivity index (χ0v) is 14.4. The number of rotatable bonds is 4. The highest BCUT2D eigenvalue weighted by atomic mass is 16.2. The van der Waals surface area contributed by atoms with Gasteiger partial charge in [0.2, 0.25) is 0 Å². The number of aromatic nitrogens is 4. The van der Waals surface area contributed by atoms with Crippen LogP contribution in [0.3, 0.4) is 0 Å². The Kier molecular flexibility index (Phi) is 3.46. The van der Waals surface area contributed by atoms with Gasteiger partial charge in [0, 0.05) is 17.7 Å². The SMILES string of the molecule is O=C(Nc1cc(-c2ccccc2)[nH]n1)c1ccc2c(c1)[nH]c(=O)n2C1CC1. The van der Waals surface area contributed by atoms with E-state index >= 15 is 0 Å². The van der Waals surface area contributed by atoms with E-state index in [-0.39, 0.29) is 17.6 Å². The van der Waals surface area contributed by atoms with Gasteiger partial charge in [-0.3, -0.25) is 14.5 Å². The van der Waals surface area contributed by atoms with E-state index in [9.17, 15) is 9.59 Å². The third-order valence-electron chi connectivity index (χ3n) is 4.79. The van der Waals surface area contributed by atoms with Crippen LogP contribution >= 0.6 is 0 Å². The number of fused-ring (bicyclic) bond motifs is 1. The number of carbonyl (C=O) groups excluding carboxylic acids is 1. The molecule has 1 saturated carbocycles. The van der Waals surface area contributed by atoms with Crippen molar-refractivity contribution < 1.29 is 4.79 Å². The van der Waals surface area contributed by atoms with E-state index < -0.39 is 0 Å². The molecule has 7 nitrogen and oxygen atoms in total. The predicted molar refractivity (Wildman–Crippen MR) is 103 cm³/mol. The van der Waals surface area contributed by atoms with Gasteiger partial charge in [0.15, 0.2) is 5.82 Å². The van der Waals surface area contributed by atoms with Crippen LogP contribution in [0.5, 0.6) is 0 Å². The number of nitrogens with one attached hydrogen (secondary N) is 3. The Morgan fingerprint density at radius 2 is 1.93 bits per heavy atom. The zero-order chi connectivity index (χ0) is 18.4. The number of benzene rings is 2. The second-order valence-electron chi connectivity index (χ2n) is 6.75. The second-order valence-corrected chi connectivity index (χ2v) is 6.75. The highest BCUT2D eigenvalue weighted by Gasteiger charge is 2.27. The van der Waals surface area contributed by atoms with Crippen molar-refractivity contribution in [3.05, 3.63) is 70.6 Å². The van der Waals surface area contributed by atoms with Crippen molar-refractivity contribution >= 4 is 22.8 Å². The number of H-pyrrole nitrogens is 2. The van der Waals surface area contributed by atoms with Crippen LogP contribution in [0.15, 0.2) is 59.4 Å². The average molecular weight is 359 g/mol. The normalized spacial score (nSPS) is 13.8. The Morgan fingerprint density at radius 1 is 1.11 bits per heavy atom. The monoisotopic (exact) mass is 359 g/mol. The predicted octanol–water partition coefficient (Wildman–Crippen LogP) is 3.31. The smallest absolute Gasteiger partial charge is 0.306 e. The summed E-state index contributed by atoms with van der Waals surface area (Å²) < 4.78 is 1.77. The number of carbonyl (C=O) groups is 1. The minimum absolute atomic E-state index is 0.120. The van der Waals surface area contributed by atoms with Crippen LogP contribution in [-0.2, 0) is 0 Å². The van der Waals surface area contributed by atoms with E-state index in [4.69, 9.17) is 0 Å². The Morgan fingerprint density at radius 3 is 2.70 bits per heavy atom. The van der Waals surface area contributed by atoms with Crippen LogP contribution < -0.4 is 11.0 Å². The first-order valence-corrected chi connectivity index (χ1v) is 8.85. The molecule has 27 heavy (non-hydrogen) atoms. The van der Waals surface area contributed by atoms with Crippen LogP contribution in [0.25, 0.3) is 22.3 Å². The summed E-state index contributed by atoms with van der Waals surface area (Å²) in [7, 11) is 0. The number of hydrogen-bond acceptors (Lipinski definition) is 3. The third-order valence-corrected chi connectivity index (χ3v) is 4.79. The zero-order valence-electron chi connectivity index (χ0n) is 14.4. The minimum Gasteiger partial charge on any atom is -0.306 e. The summed E-state index contributed by atoms with van der Waals surface area (Å²) in [6.45, 7) is 0. The molecule has 2 aromatic carbocycles. The fraction of sp³-hybridized carbons (Fsp3) is 0.150. The van der Waals surface area contributed by atoms with Gasteiger partial charge in [-0.25, -0.2) is 4.79 Å².